The van der Waals surface area contributed by atoms with E-state index in [1.807, 2.05) is 61.5 Å². The van der Waals surface area contributed by atoms with E-state index in [4.69, 9.17) is 11.6 Å². The number of hydrogen-bond donors (Lipinski definition) is 1. The number of carbonyl (C=O) groups is 1. The molecule has 1 amide bonds. The zero-order chi connectivity index (χ0) is 22.7. The van der Waals surface area contributed by atoms with Crippen LogP contribution in [0.2, 0.25) is 5.02 Å². The molecular weight excluding hydrogens is 444 g/mol. The van der Waals surface area contributed by atoms with E-state index in [-0.39, 0.29) is 15.5 Å². The molecule has 1 fully saturated rings. The summed E-state index contributed by atoms with van der Waals surface area (Å²) in [5, 5.41) is 3.25. The van der Waals surface area contributed by atoms with Crippen molar-refractivity contribution in [3.05, 3.63) is 100 Å². The van der Waals surface area contributed by atoms with Crippen molar-refractivity contribution in [1.29, 1.82) is 0 Å². The highest BCUT2D eigenvalue weighted by molar-refractivity contribution is 7.89. The van der Waals surface area contributed by atoms with Crippen LogP contribution in [0.5, 0.6) is 0 Å². The Labute approximate surface area is 194 Å². The third-order valence-electron chi connectivity index (χ3n) is 5.70. The zero-order valence-electron chi connectivity index (χ0n) is 17.8. The van der Waals surface area contributed by atoms with Gasteiger partial charge < -0.3 is 5.32 Å². The van der Waals surface area contributed by atoms with Gasteiger partial charge in [-0.05, 0) is 49.1 Å². The maximum Gasteiger partial charge on any atom is 0.253 e. The van der Waals surface area contributed by atoms with E-state index in [1.165, 1.54) is 22.5 Å². The molecule has 1 aliphatic rings. The second-order valence-electron chi connectivity index (χ2n) is 7.98. The fourth-order valence-corrected chi connectivity index (χ4v) is 5.64. The highest BCUT2D eigenvalue weighted by atomic mass is 35.5. The predicted molar refractivity (Wildman–Crippen MR) is 126 cm³/mol. The number of sulfonamides is 1. The van der Waals surface area contributed by atoms with Gasteiger partial charge in [-0.15, -0.1) is 0 Å². The van der Waals surface area contributed by atoms with Crippen LogP contribution in [0.3, 0.4) is 0 Å². The molecule has 0 unspecified atom stereocenters. The first-order chi connectivity index (χ1) is 15.4. The van der Waals surface area contributed by atoms with Crippen LogP contribution in [-0.2, 0) is 10.0 Å². The van der Waals surface area contributed by atoms with Crippen molar-refractivity contribution in [3.8, 4) is 0 Å². The Kier molecular flexibility index (Phi) is 6.65. The quantitative estimate of drug-likeness (QED) is 0.556. The average molecular weight is 469 g/mol. The molecule has 0 saturated carbocycles. The van der Waals surface area contributed by atoms with Crippen molar-refractivity contribution in [3.63, 3.8) is 0 Å². The summed E-state index contributed by atoms with van der Waals surface area (Å²) in [5.41, 5.74) is 3.10. The highest BCUT2D eigenvalue weighted by Crippen LogP contribution is 2.27. The lowest BCUT2D eigenvalue weighted by atomic mass is 9.97. The minimum Gasteiger partial charge on any atom is -0.341 e. The largest absolute Gasteiger partial charge is 0.341 e. The Morgan fingerprint density at radius 1 is 0.938 bits per heavy atom. The molecule has 3 aromatic rings. The van der Waals surface area contributed by atoms with Crippen LogP contribution >= 0.6 is 11.6 Å². The molecule has 3 aromatic carbocycles. The molecule has 0 bridgehead atoms. The van der Waals surface area contributed by atoms with Gasteiger partial charge in [-0.3, -0.25) is 4.79 Å². The van der Waals surface area contributed by atoms with E-state index in [0.29, 0.717) is 13.1 Å². The van der Waals surface area contributed by atoms with Crippen LogP contribution in [-0.4, -0.2) is 31.7 Å². The van der Waals surface area contributed by atoms with Crippen LogP contribution < -0.4 is 5.32 Å². The van der Waals surface area contributed by atoms with Crippen LogP contribution in [0.4, 0.5) is 0 Å². The maximum absolute atomic E-state index is 13.3. The number of nitrogens with zero attached hydrogens (tertiary/aromatic N) is 1. The molecule has 1 saturated heterocycles. The molecule has 7 heteroatoms. The molecule has 32 heavy (non-hydrogen) atoms. The molecular formula is C25H25ClN2O3S. The lowest BCUT2D eigenvalue weighted by Crippen LogP contribution is -2.31. The van der Waals surface area contributed by atoms with Crippen LogP contribution in [0.1, 0.15) is 45.9 Å². The number of carbonyl (C=O) groups excluding carboxylic acids is 1. The molecule has 1 atom stereocenters. The Morgan fingerprint density at radius 2 is 1.56 bits per heavy atom. The van der Waals surface area contributed by atoms with Gasteiger partial charge in [0, 0.05) is 13.1 Å². The first kappa shape index (κ1) is 22.5. The summed E-state index contributed by atoms with van der Waals surface area (Å²) in [4.78, 5) is 13.4. The Hall–Kier alpha value is -2.67. The predicted octanol–water partition coefficient (Wildman–Crippen LogP) is 4.95. The van der Waals surface area contributed by atoms with Gasteiger partial charge in [-0.1, -0.05) is 71.8 Å². The maximum atomic E-state index is 13.3. The summed E-state index contributed by atoms with van der Waals surface area (Å²) in [6.07, 6.45) is 1.69. The number of aryl methyl sites for hydroxylation is 1. The van der Waals surface area contributed by atoms with Crippen LogP contribution in [0, 0.1) is 6.92 Å². The van der Waals surface area contributed by atoms with Crippen molar-refractivity contribution in [2.75, 3.05) is 13.1 Å². The van der Waals surface area contributed by atoms with Crippen molar-refractivity contribution in [2.45, 2.75) is 30.7 Å². The van der Waals surface area contributed by atoms with E-state index in [1.54, 1.807) is 0 Å². The third-order valence-corrected chi connectivity index (χ3v) is 7.93. The minimum atomic E-state index is -3.65. The Bertz CT molecular complexity index is 1210. The summed E-state index contributed by atoms with van der Waals surface area (Å²) >= 11 is 6.33. The molecule has 4 rings (SSSR count). The van der Waals surface area contributed by atoms with Crippen molar-refractivity contribution in [2.24, 2.45) is 0 Å². The van der Waals surface area contributed by atoms with Crippen LogP contribution in [0.15, 0.2) is 77.7 Å². The van der Waals surface area contributed by atoms with Gasteiger partial charge in [-0.2, -0.15) is 4.31 Å². The first-order valence-electron chi connectivity index (χ1n) is 10.6. The van der Waals surface area contributed by atoms with E-state index in [0.717, 1.165) is 29.5 Å². The van der Waals surface area contributed by atoms with Gasteiger partial charge >= 0.3 is 0 Å². The number of amides is 1. The molecule has 1 heterocycles. The molecule has 166 valence electrons. The molecule has 0 aromatic heterocycles. The molecule has 0 spiro atoms. The van der Waals surface area contributed by atoms with Crippen molar-refractivity contribution in [1.82, 2.24) is 9.62 Å². The fourth-order valence-electron chi connectivity index (χ4n) is 3.89. The normalized spacial score (nSPS) is 15.4. The SMILES string of the molecule is Cc1ccc([C@@H](NC(=O)c2cc(S(=O)(=O)N3CCCC3)ccc2Cl)c2ccccc2)cc1. The second kappa shape index (κ2) is 9.45. The minimum absolute atomic E-state index is 0.0838. The van der Waals surface area contributed by atoms with Gasteiger partial charge in [0.15, 0.2) is 0 Å². The van der Waals surface area contributed by atoms with E-state index >= 15 is 0 Å². The number of nitrogens with one attached hydrogen (secondary N) is 1. The topological polar surface area (TPSA) is 66.5 Å². The van der Waals surface area contributed by atoms with Gasteiger partial charge in [-0.25, -0.2) is 8.42 Å². The van der Waals surface area contributed by atoms with E-state index in [2.05, 4.69) is 5.32 Å². The van der Waals surface area contributed by atoms with Crippen LogP contribution in [0.25, 0.3) is 0 Å². The highest BCUT2D eigenvalue weighted by Gasteiger charge is 2.29. The lowest BCUT2D eigenvalue weighted by Gasteiger charge is -2.21. The Morgan fingerprint density at radius 3 is 2.22 bits per heavy atom. The first-order valence-corrected chi connectivity index (χ1v) is 12.4. The standard InChI is InChI=1S/C25H25ClN2O3S/c1-18-9-11-20(12-10-18)24(19-7-3-2-4-8-19)27-25(29)22-17-21(13-14-23(22)26)32(30,31)28-15-5-6-16-28/h2-4,7-14,17,24H,5-6,15-16H2,1H3,(H,27,29)/t24-/m0/s1. The summed E-state index contributed by atoms with van der Waals surface area (Å²) in [5.74, 6) is -0.428. The number of halogens is 1. The van der Waals surface area contributed by atoms with Gasteiger partial charge in [0.2, 0.25) is 10.0 Å². The van der Waals surface area contributed by atoms with Gasteiger partial charge in [0.25, 0.3) is 5.91 Å². The molecule has 0 radical (unpaired) electrons. The molecule has 1 aliphatic heterocycles. The summed E-state index contributed by atoms with van der Waals surface area (Å²) in [6.45, 7) is 3.00. The third kappa shape index (κ3) is 4.72. The fraction of sp³-hybridized carbons (Fsp3) is 0.240. The van der Waals surface area contributed by atoms with E-state index in [9.17, 15) is 13.2 Å². The smallest absolute Gasteiger partial charge is 0.253 e. The Balaban J connectivity index is 1.67. The number of rotatable bonds is 6. The molecule has 0 aliphatic carbocycles. The van der Waals surface area contributed by atoms with E-state index < -0.39 is 22.0 Å². The summed E-state index contributed by atoms with van der Waals surface area (Å²) in [7, 11) is -3.65. The summed E-state index contributed by atoms with van der Waals surface area (Å²) < 4.78 is 27.4. The monoisotopic (exact) mass is 468 g/mol. The van der Waals surface area contributed by atoms with Crippen molar-refractivity contribution < 1.29 is 13.2 Å². The van der Waals surface area contributed by atoms with Gasteiger partial charge in [0.05, 0.1) is 21.5 Å². The molecule has 5 nitrogen and oxygen atoms in total. The number of hydrogen-bond acceptors (Lipinski definition) is 3. The zero-order valence-corrected chi connectivity index (χ0v) is 19.4. The second-order valence-corrected chi connectivity index (χ2v) is 10.3. The number of benzene rings is 3. The van der Waals surface area contributed by atoms with Crippen molar-refractivity contribution >= 4 is 27.5 Å². The summed E-state index contributed by atoms with van der Waals surface area (Å²) in [6, 6.07) is 21.5. The molecule has 1 N–H and O–H groups in total. The van der Waals surface area contributed by atoms with Gasteiger partial charge in [0.1, 0.15) is 0 Å². The lowest BCUT2D eigenvalue weighted by molar-refractivity contribution is 0.0943. The average Bonchev–Trinajstić information content (AvgIpc) is 3.35.